The molecule has 16 heavy (non-hydrogen) atoms. The molecule has 0 aromatic carbocycles. The number of carbonyl (C=O) groups is 1. The van der Waals surface area contributed by atoms with E-state index in [-0.39, 0.29) is 18.6 Å². The monoisotopic (exact) mass is 245 g/mol. The fourth-order valence-electron chi connectivity index (χ4n) is 2.03. The molecule has 0 saturated carbocycles. The van der Waals surface area contributed by atoms with Crippen LogP contribution in [0.5, 0.6) is 0 Å². The fourth-order valence-corrected chi connectivity index (χ4v) is 3.24. The van der Waals surface area contributed by atoms with Crippen molar-refractivity contribution in [3.05, 3.63) is 0 Å². The zero-order valence-corrected chi connectivity index (χ0v) is 10.9. The Hall–Kier alpha value is -0.220. The summed E-state index contributed by atoms with van der Waals surface area (Å²) in [5.74, 6) is 3.14. The molecular formula is C12H23NO2S. The number of amides is 1. The lowest BCUT2D eigenvalue weighted by molar-refractivity contribution is -0.122. The third-order valence-electron chi connectivity index (χ3n) is 3.15. The average molecular weight is 245 g/mol. The van der Waals surface area contributed by atoms with Gasteiger partial charge in [-0.2, -0.15) is 11.8 Å². The zero-order valence-electron chi connectivity index (χ0n) is 10.1. The van der Waals surface area contributed by atoms with Crippen molar-refractivity contribution >= 4 is 17.7 Å². The lowest BCUT2D eigenvalue weighted by Gasteiger charge is -2.22. The molecule has 0 radical (unpaired) electrons. The van der Waals surface area contributed by atoms with Crippen LogP contribution in [-0.2, 0) is 4.79 Å². The summed E-state index contributed by atoms with van der Waals surface area (Å²) in [5, 5.41) is 11.9. The minimum absolute atomic E-state index is 0.149. The maximum Gasteiger partial charge on any atom is 0.220 e. The Bertz CT molecular complexity index is 196. The van der Waals surface area contributed by atoms with Crippen LogP contribution in [0, 0.1) is 5.92 Å². The molecule has 1 aliphatic heterocycles. The number of nitrogens with one attached hydrogen (secondary N) is 1. The molecule has 1 fully saturated rings. The van der Waals surface area contributed by atoms with Crippen molar-refractivity contribution in [3.63, 3.8) is 0 Å². The molecule has 1 amide bonds. The average Bonchev–Trinajstić information content (AvgIpc) is 2.29. The van der Waals surface area contributed by atoms with E-state index in [9.17, 15) is 4.79 Å². The van der Waals surface area contributed by atoms with Crippen molar-refractivity contribution in [2.24, 2.45) is 5.92 Å². The number of hydrogen-bond acceptors (Lipinski definition) is 3. The summed E-state index contributed by atoms with van der Waals surface area (Å²) >= 11 is 1.99. The van der Waals surface area contributed by atoms with Gasteiger partial charge in [0, 0.05) is 19.1 Å². The van der Waals surface area contributed by atoms with Gasteiger partial charge in [0.1, 0.15) is 0 Å². The molecule has 3 nitrogen and oxygen atoms in total. The van der Waals surface area contributed by atoms with Crippen LogP contribution >= 0.6 is 11.8 Å². The number of aliphatic hydroxyl groups is 1. The van der Waals surface area contributed by atoms with Gasteiger partial charge in [-0.1, -0.05) is 6.92 Å². The van der Waals surface area contributed by atoms with Crippen molar-refractivity contribution in [1.82, 2.24) is 5.32 Å². The van der Waals surface area contributed by atoms with Crippen LogP contribution in [0.25, 0.3) is 0 Å². The third kappa shape index (κ3) is 5.21. The van der Waals surface area contributed by atoms with Crippen molar-refractivity contribution in [3.8, 4) is 0 Å². The van der Waals surface area contributed by atoms with Crippen LogP contribution in [0.15, 0.2) is 0 Å². The Morgan fingerprint density at radius 1 is 1.50 bits per heavy atom. The summed E-state index contributed by atoms with van der Waals surface area (Å²) in [5.41, 5.74) is 0. The second-order valence-corrected chi connectivity index (χ2v) is 5.67. The predicted octanol–water partition coefficient (Wildman–Crippen LogP) is 1.80. The SMILES string of the molecule is CCC(CCO)NC(=O)CC1CCSCC1. The Morgan fingerprint density at radius 2 is 2.19 bits per heavy atom. The Balaban J connectivity index is 2.22. The van der Waals surface area contributed by atoms with E-state index in [1.807, 2.05) is 18.7 Å². The van der Waals surface area contributed by atoms with E-state index in [4.69, 9.17) is 5.11 Å². The molecular weight excluding hydrogens is 222 g/mol. The quantitative estimate of drug-likeness (QED) is 0.750. The van der Waals surface area contributed by atoms with E-state index >= 15 is 0 Å². The number of thioether (sulfide) groups is 1. The summed E-state index contributed by atoms with van der Waals surface area (Å²) < 4.78 is 0. The Morgan fingerprint density at radius 3 is 2.75 bits per heavy atom. The molecule has 0 spiro atoms. The van der Waals surface area contributed by atoms with E-state index in [0.29, 0.717) is 18.8 Å². The summed E-state index contributed by atoms with van der Waals surface area (Å²) in [6.45, 7) is 2.19. The number of aliphatic hydroxyl groups excluding tert-OH is 1. The molecule has 1 heterocycles. The van der Waals surface area contributed by atoms with Gasteiger partial charge in [0.25, 0.3) is 0 Å². The zero-order chi connectivity index (χ0) is 11.8. The summed E-state index contributed by atoms with van der Waals surface area (Å²) in [6, 6.07) is 0.149. The minimum Gasteiger partial charge on any atom is -0.396 e. The first kappa shape index (κ1) is 13.8. The standard InChI is InChI=1S/C12H23NO2S/c1-2-11(3-6-14)13-12(15)9-10-4-7-16-8-5-10/h10-11,14H,2-9H2,1H3,(H,13,15). The second-order valence-electron chi connectivity index (χ2n) is 4.44. The molecule has 0 bridgehead atoms. The van der Waals surface area contributed by atoms with Crippen LogP contribution in [0.4, 0.5) is 0 Å². The van der Waals surface area contributed by atoms with Crippen molar-refractivity contribution < 1.29 is 9.90 Å². The molecule has 1 unspecified atom stereocenters. The highest BCUT2D eigenvalue weighted by molar-refractivity contribution is 7.99. The molecule has 2 N–H and O–H groups in total. The molecule has 1 rings (SSSR count). The van der Waals surface area contributed by atoms with Crippen LogP contribution in [0.3, 0.4) is 0 Å². The van der Waals surface area contributed by atoms with Crippen molar-refractivity contribution in [2.75, 3.05) is 18.1 Å². The summed E-state index contributed by atoms with van der Waals surface area (Å²) in [4.78, 5) is 11.8. The van der Waals surface area contributed by atoms with E-state index in [2.05, 4.69) is 5.32 Å². The van der Waals surface area contributed by atoms with Crippen LogP contribution in [0.2, 0.25) is 0 Å². The van der Waals surface area contributed by atoms with Crippen LogP contribution < -0.4 is 5.32 Å². The van der Waals surface area contributed by atoms with Gasteiger partial charge in [-0.05, 0) is 43.1 Å². The second kappa shape index (κ2) is 7.96. The Labute approximate surface area is 102 Å². The topological polar surface area (TPSA) is 49.3 Å². The van der Waals surface area contributed by atoms with Gasteiger partial charge in [-0.25, -0.2) is 0 Å². The Kier molecular flexibility index (Phi) is 6.88. The molecule has 0 aromatic heterocycles. The maximum absolute atomic E-state index is 11.8. The molecule has 1 aliphatic rings. The smallest absolute Gasteiger partial charge is 0.220 e. The van der Waals surface area contributed by atoms with E-state index < -0.39 is 0 Å². The van der Waals surface area contributed by atoms with Crippen molar-refractivity contribution in [2.45, 2.75) is 45.1 Å². The number of hydrogen-bond donors (Lipinski definition) is 2. The highest BCUT2D eigenvalue weighted by Crippen LogP contribution is 2.25. The van der Waals surface area contributed by atoms with E-state index in [1.165, 1.54) is 24.3 Å². The van der Waals surface area contributed by atoms with Gasteiger partial charge in [0.15, 0.2) is 0 Å². The molecule has 4 heteroatoms. The third-order valence-corrected chi connectivity index (χ3v) is 4.20. The number of rotatable bonds is 6. The van der Waals surface area contributed by atoms with Crippen LogP contribution in [0.1, 0.15) is 39.0 Å². The fraction of sp³-hybridized carbons (Fsp3) is 0.917. The molecule has 1 atom stereocenters. The lowest BCUT2D eigenvalue weighted by atomic mass is 9.98. The summed E-state index contributed by atoms with van der Waals surface area (Å²) in [6.07, 6.45) is 4.59. The maximum atomic E-state index is 11.8. The minimum atomic E-state index is 0.149. The molecule has 0 aliphatic carbocycles. The predicted molar refractivity (Wildman–Crippen MR) is 68.6 cm³/mol. The van der Waals surface area contributed by atoms with Gasteiger partial charge < -0.3 is 10.4 Å². The van der Waals surface area contributed by atoms with Gasteiger partial charge >= 0.3 is 0 Å². The van der Waals surface area contributed by atoms with Gasteiger partial charge in [-0.15, -0.1) is 0 Å². The highest BCUT2D eigenvalue weighted by atomic mass is 32.2. The van der Waals surface area contributed by atoms with Gasteiger partial charge in [-0.3, -0.25) is 4.79 Å². The van der Waals surface area contributed by atoms with Crippen LogP contribution in [-0.4, -0.2) is 35.2 Å². The van der Waals surface area contributed by atoms with Gasteiger partial charge in [0.2, 0.25) is 5.91 Å². The molecule has 0 aromatic rings. The molecule has 1 saturated heterocycles. The van der Waals surface area contributed by atoms with Crippen molar-refractivity contribution in [1.29, 1.82) is 0 Å². The van der Waals surface area contributed by atoms with Gasteiger partial charge in [0.05, 0.1) is 0 Å². The van der Waals surface area contributed by atoms with E-state index in [1.54, 1.807) is 0 Å². The lowest BCUT2D eigenvalue weighted by Crippen LogP contribution is -2.36. The highest BCUT2D eigenvalue weighted by Gasteiger charge is 2.18. The normalized spacial score (nSPS) is 19.4. The van der Waals surface area contributed by atoms with E-state index in [0.717, 1.165) is 6.42 Å². The first-order chi connectivity index (χ1) is 7.76. The molecule has 94 valence electrons. The first-order valence-electron chi connectivity index (χ1n) is 6.24. The number of carbonyl (C=O) groups excluding carboxylic acids is 1. The summed E-state index contributed by atoms with van der Waals surface area (Å²) in [7, 11) is 0. The largest absolute Gasteiger partial charge is 0.396 e. The first-order valence-corrected chi connectivity index (χ1v) is 7.39.